The van der Waals surface area contributed by atoms with Gasteiger partial charge in [0, 0.05) is 20.6 Å². The first-order valence-electron chi connectivity index (χ1n) is 7.31. The van der Waals surface area contributed by atoms with Crippen LogP contribution >= 0.6 is 0 Å². The number of likely N-dealkylation sites (N-methyl/N-ethyl adjacent to an activating group) is 1. The summed E-state index contributed by atoms with van der Waals surface area (Å²) in [6.45, 7) is 5.07. The zero-order valence-electron chi connectivity index (χ0n) is 13.7. The molecule has 3 amide bonds. The number of rotatable bonds is 5. The third-order valence-electron chi connectivity index (χ3n) is 3.59. The highest BCUT2D eigenvalue weighted by atomic mass is 16.5. The number of imide groups is 1. The lowest BCUT2D eigenvalue weighted by molar-refractivity contribution is -0.137. The topological polar surface area (TPSA) is 84.0 Å². The third kappa shape index (κ3) is 3.05. The average molecular weight is 330 g/mol. The number of hydrogen-bond acceptors (Lipinski definition) is 5. The van der Waals surface area contributed by atoms with Crippen LogP contribution in [0.4, 0.5) is 0 Å². The Labute approximate surface area is 139 Å². The summed E-state index contributed by atoms with van der Waals surface area (Å²) >= 11 is 0. The molecule has 0 aliphatic carbocycles. The molecule has 1 aliphatic heterocycles. The lowest BCUT2D eigenvalue weighted by Crippen LogP contribution is -2.34. The molecule has 1 atom stereocenters. The first-order valence-corrected chi connectivity index (χ1v) is 7.31. The quantitative estimate of drug-likeness (QED) is 0.459. The molecular formula is C17H18N2O5. The van der Waals surface area contributed by atoms with Gasteiger partial charge in [-0.05, 0) is 25.1 Å². The smallest absolute Gasteiger partial charge is 0.338 e. The fourth-order valence-electron chi connectivity index (χ4n) is 2.36. The SMILES string of the molecule is C=CCN1C(=O)c2ccc(C(=O)O[C@@H](C)C(=O)N(C)C)cc2C1=O. The van der Waals surface area contributed by atoms with Crippen LogP contribution in [0.5, 0.6) is 0 Å². The predicted molar refractivity (Wildman–Crippen MR) is 85.6 cm³/mol. The van der Waals surface area contributed by atoms with E-state index >= 15 is 0 Å². The first-order chi connectivity index (χ1) is 11.3. The summed E-state index contributed by atoms with van der Waals surface area (Å²) in [5.41, 5.74) is 0.479. The van der Waals surface area contributed by atoms with Crippen LogP contribution in [0, 0.1) is 0 Å². The number of hydrogen-bond donors (Lipinski definition) is 0. The van der Waals surface area contributed by atoms with E-state index in [0.29, 0.717) is 0 Å². The molecule has 1 heterocycles. The van der Waals surface area contributed by atoms with Crippen molar-refractivity contribution in [2.45, 2.75) is 13.0 Å². The molecule has 0 aromatic heterocycles. The minimum Gasteiger partial charge on any atom is -0.449 e. The zero-order valence-corrected chi connectivity index (χ0v) is 13.7. The van der Waals surface area contributed by atoms with Crippen LogP contribution in [-0.4, -0.2) is 60.2 Å². The molecule has 0 saturated heterocycles. The standard InChI is InChI=1S/C17H18N2O5/c1-5-8-19-15(21)12-7-6-11(9-13(12)16(19)22)17(23)24-10(2)14(20)18(3)4/h5-7,9-10H,1,8H2,2-4H3/t10-/m0/s1. The first kappa shape index (κ1) is 17.4. The van der Waals surface area contributed by atoms with Gasteiger partial charge in [0.2, 0.25) is 0 Å². The van der Waals surface area contributed by atoms with Crippen LogP contribution < -0.4 is 0 Å². The fourth-order valence-corrected chi connectivity index (χ4v) is 2.36. The Morgan fingerprint density at radius 2 is 1.88 bits per heavy atom. The molecule has 0 spiro atoms. The van der Waals surface area contributed by atoms with Crippen molar-refractivity contribution in [1.82, 2.24) is 9.80 Å². The van der Waals surface area contributed by atoms with E-state index in [9.17, 15) is 19.2 Å². The van der Waals surface area contributed by atoms with Gasteiger partial charge in [0.1, 0.15) is 0 Å². The molecule has 0 saturated carbocycles. The molecule has 0 unspecified atom stereocenters. The molecule has 0 N–H and O–H groups in total. The second kappa shape index (κ2) is 6.66. The summed E-state index contributed by atoms with van der Waals surface area (Å²) in [6, 6.07) is 4.12. The molecule has 1 aliphatic rings. The summed E-state index contributed by atoms with van der Waals surface area (Å²) in [4.78, 5) is 50.6. The zero-order chi connectivity index (χ0) is 18.0. The lowest BCUT2D eigenvalue weighted by atomic mass is 10.1. The molecule has 7 nitrogen and oxygen atoms in total. The number of benzene rings is 1. The van der Waals surface area contributed by atoms with Crippen molar-refractivity contribution in [3.05, 3.63) is 47.5 Å². The molecule has 126 valence electrons. The minimum absolute atomic E-state index is 0.0977. The van der Waals surface area contributed by atoms with Gasteiger partial charge in [-0.1, -0.05) is 6.08 Å². The van der Waals surface area contributed by atoms with Crippen LogP contribution in [0.2, 0.25) is 0 Å². The summed E-state index contributed by atoms with van der Waals surface area (Å²) in [5.74, 6) is -2.00. The van der Waals surface area contributed by atoms with Gasteiger partial charge in [-0.25, -0.2) is 4.79 Å². The van der Waals surface area contributed by atoms with Gasteiger partial charge in [-0.2, -0.15) is 0 Å². The number of ether oxygens (including phenoxy) is 1. The second-order valence-electron chi connectivity index (χ2n) is 5.55. The van der Waals surface area contributed by atoms with E-state index in [4.69, 9.17) is 4.74 Å². The van der Waals surface area contributed by atoms with Crippen molar-refractivity contribution in [2.24, 2.45) is 0 Å². The summed E-state index contributed by atoms with van der Waals surface area (Å²) in [5, 5.41) is 0. The maximum absolute atomic E-state index is 12.2. The van der Waals surface area contributed by atoms with E-state index in [1.165, 1.54) is 36.1 Å². The van der Waals surface area contributed by atoms with E-state index in [1.54, 1.807) is 14.1 Å². The van der Waals surface area contributed by atoms with Gasteiger partial charge in [-0.3, -0.25) is 19.3 Å². The lowest BCUT2D eigenvalue weighted by Gasteiger charge is -2.17. The number of amides is 3. The second-order valence-corrected chi connectivity index (χ2v) is 5.55. The van der Waals surface area contributed by atoms with Crippen molar-refractivity contribution < 1.29 is 23.9 Å². The monoisotopic (exact) mass is 330 g/mol. The highest BCUT2D eigenvalue weighted by molar-refractivity contribution is 6.22. The summed E-state index contributed by atoms with van der Waals surface area (Å²) in [7, 11) is 3.11. The Balaban J connectivity index is 2.23. The van der Waals surface area contributed by atoms with Crippen molar-refractivity contribution in [2.75, 3.05) is 20.6 Å². The normalized spacial score (nSPS) is 14.2. The Bertz CT molecular complexity index is 738. The van der Waals surface area contributed by atoms with Gasteiger partial charge in [0.25, 0.3) is 17.7 Å². The molecule has 0 fully saturated rings. The van der Waals surface area contributed by atoms with Gasteiger partial charge < -0.3 is 9.64 Å². The van der Waals surface area contributed by atoms with E-state index in [1.807, 2.05) is 0 Å². The Hall–Kier alpha value is -2.96. The third-order valence-corrected chi connectivity index (χ3v) is 3.59. The fraction of sp³-hybridized carbons (Fsp3) is 0.294. The van der Waals surface area contributed by atoms with E-state index < -0.39 is 23.9 Å². The molecule has 0 radical (unpaired) electrons. The van der Waals surface area contributed by atoms with Gasteiger partial charge in [0.05, 0.1) is 16.7 Å². The summed E-state index contributed by atoms with van der Waals surface area (Å²) in [6.07, 6.45) is 0.501. The number of carbonyl (C=O) groups is 4. The van der Waals surface area contributed by atoms with Crippen LogP contribution in [0.25, 0.3) is 0 Å². The Kier molecular flexibility index (Phi) is 4.82. The molecule has 2 rings (SSSR count). The molecule has 1 aromatic rings. The molecule has 7 heteroatoms. The highest BCUT2D eigenvalue weighted by Gasteiger charge is 2.35. The van der Waals surface area contributed by atoms with E-state index in [-0.39, 0.29) is 29.1 Å². The predicted octanol–water partition coefficient (Wildman–Crippen LogP) is 1.10. The van der Waals surface area contributed by atoms with Gasteiger partial charge in [-0.15, -0.1) is 6.58 Å². The summed E-state index contributed by atoms with van der Waals surface area (Å²) < 4.78 is 5.10. The number of nitrogens with zero attached hydrogens (tertiary/aromatic N) is 2. The van der Waals surface area contributed by atoms with Crippen molar-refractivity contribution in [3.8, 4) is 0 Å². The van der Waals surface area contributed by atoms with Crippen LogP contribution in [0.1, 0.15) is 38.0 Å². The maximum Gasteiger partial charge on any atom is 0.338 e. The highest BCUT2D eigenvalue weighted by Crippen LogP contribution is 2.24. The van der Waals surface area contributed by atoms with Crippen molar-refractivity contribution in [1.29, 1.82) is 0 Å². The molecule has 24 heavy (non-hydrogen) atoms. The number of carbonyl (C=O) groups excluding carboxylic acids is 4. The minimum atomic E-state index is -0.949. The van der Waals surface area contributed by atoms with Crippen LogP contribution in [0.3, 0.4) is 0 Å². The molecule has 0 bridgehead atoms. The molecule has 1 aromatic carbocycles. The maximum atomic E-state index is 12.2. The van der Waals surface area contributed by atoms with Crippen molar-refractivity contribution >= 4 is 23.7 Å². The van der Waals surface area contributed by atoms with Crippen LogP contribution in [0.15, 0.2) is 30.9 Å². The average Bonchev–Trinajstić information content (AvgIpc) is 2.78. The molecular weight excluding hydrogens is 312 g/mol. The number of fused-ring (bicyclic) bond motifs is 1. The van der Waals surface area contributed by atoms with Gasteiger partial charge in [0.15, 0.2) is 6.10 Å². The Morgan fingerprint density at radius 1 is 1.25 bits per heavy atom. The largest absolute Gasteiger partial charge is 0.449 e. The van der Waals surface area contributed by atoms with E-state index in [2.05, 4.69) is 6.58 Å². The van der Waals surface area contributed by atoms with Crippen LogP contribution in [-0.2, 0) is 9.53 Å². The van der Waals surface area contributed by atoms with E-state index in [0.717, 1.165) is 4.90 Å². The van der Waals surface area contributed by atoms with Gasteiger partial charge >= 0.3 is 5.97 Å². The number of esters is 1. The Morgan fingerprint density at radius 3 is 2.46 bits per heavy atom. The van der Waals surface area contributed by atoms with Crippen molar-refractivity contribution in [3.63, 3.8) is 0 Å².